The van der Waals surface area contributed by atoms with Crippen LogP contribution in [0.15, 0.2) is 66.9 Å². The summed E-state index contributed by atoms with van der Waals surface area (Å²) < 4.78 is 10.6. The number of rotatable bonds is 9. The quantitative estimate of drug-likeness (QED) is 0.572. The van der Waals surface area contributed by atoms with Crippen molar-refractivity contribution in [3.05, 3.63) is 78.1 Å². The van der Waals surface area contributed by atoms with E-state index < -0.39 is 0 Å². The number of pyridine rings is 1. The van der Waals surface area contributed by atoms with E-state index in [1.807, 2.05) is 61.5 Å². The molecule has 0 spiro atoms. The van der Waals surface area contributed by atoms with Crippen molar-refractivity contribution in [3.63, 3.8) is 0 Å². The Kier molecular flexibility index (Phi) is 7.05. The Hall–Kier alpha value is -3.54. The molecule has 29 heavy (non-hydrogen) atoms. The third-order valence-corrected chi connectivity index (χ3v) is 4.28. The molecule has 0 atom stereocenters. The molecule has 0 saturated heterocycles. The number of nitrogens with zero attached hydrogens (tertiary/aromatic N) is 1. The Morgan fingerprint density at radius 1 is 1.00 bits per heavy atom. The van der Waals surface area contributed by atoms with Crippen LogP contribution in [0, 0.1) is 0 Å². The molecule has 0 unspecified atom stereocenters. The number of anilines is 2. The number of amides is 1. The van der Waals surface area contributed by atoms with Gasteiger partial charge in [-0.3, -0.25) is 4.79 Å². The van der Waals surface area contributed by atoms with Gasteiger partial charge in [-0.25, -0.2) is 4.98 Å². The van der Waals surface area contributed by atoms with Gasteiger partial charge in [-0.1, -0.05) is 12.1 Å². The number of benzene rings is 2. The van der Waals surface area contributed by atoms with Crippen LogP contribution in [0.25, 0.3) is 0 Å². The van der Waals surface area contributed by atoms with Gasteiger partial charge in [0.15, 0.2) is 0 Å². The molecule has 0 radical (unpaired) electrons. The molecule has 0 aliphatic heterocycles. The summed E-state index contributed by atoms with van der Waals surface area (Å²) in [5.74, 6) is 1.45. The van der Waals surface area contributed by atoms with E-state index in [0.29, 0.717) is 18.8 Å². The van der Waals surface area contributed by atoms with Crippen LogP contribution >= 0.6 is 0 Å². The van der Waals surface area contributed by atoms with Gasteiger partial charge in [0.1, 0.15) is 17.2 Å². The molecule has 0 aliphatic carbocycles. The molecule has 0 saturated carbocycles. The highest BCUT2D eigenvalue weighted by atomic mass is 16.5. The molecule has 150 valence electrons. The van der Waals surface area contributed by atoms with Crippen LogP contribution in [-0.4, -0.2) is 31.2 Å². The highest BCUT2D eigenvalue weighted by Gasteiger charge is 2.07. The van der Waals surface area contributed by atoms with Gasteiger partial charge in [-0.2, -0.15) is 0 Å². The van der Waals surface area contributed by atoms with E-state index in [1.165, 1.54) is 0 Å². The summed E-state index contributed by atoms with van der Waals surface area (Å²) in [4.78, 5) is 16.5. The predicted molar refractivity (Wildman–Crippen MR) is 114 cm³/mol. The number of carbonyl (C=O) groups excluding carboxylic acids is 1. The van der Waals surface area contributed by atoms with Gasteiger partial charge in [0.2, 0.25) is 0 Å². The molecule has 2 N–H and O–H groups in total. The lowest BCUT2D eigenvalue weighted by atomic mass is 10.1. The highest BCUT2D eigenvalue weighted by Crippen LogP contribution is 2.20. The number of aromatic nitrogens is 1. The van der Waals surface area contributed by atoms with Gasteiger partial charge in [0.05, 0.1) is 25.6 Å². The van der Waals surface area contributed by atoms with Crippen molar-refractivity contribution in [2.45, 2.75) is 13.3 Å². The van der Waals surface area contributed by atoms with E-state index in [1.54, 1.807) is 19.4 Å². The number of ether oxygens (including phenoxy) is 2. The van der Waals surface area contributed by atoms with E-state index in [-0.39, 0.29) is 5.91 Å². The first-order valence-electron chi connectivity index (χ1n) is 9.55. The SMILES string of the molecule is CCOc1ccc(Nc2ccc(C(=O)NCCc3cccc(OC)c3)nc2)cc1. The Bertz CT molecular complexity index is 925. The summed E-state index contributed by atoms with van der Waals surface area (Å²) in [6.07, 6.45) is 2.37. The first-order chi connectivity index (χ1) is 14.2. The number of carbonyl (C=O) groups is 1. The summed E-state index contributed by atoms with van der Waals surface area (Å²) in [6.45, 7) is 3.12. The molecule has 6 nitrogen and oxygen atoms in total. The molecule has 1 amide bonds. The summed E-state index contributed by atoms with van der Waals surface area (Å²) in [6, 6.07) is 19.0. The first kappa shape index (κ1) is 20.2. The second kappa shape index (κ2) is 10.1. The van der Waals surface area contributed by atoms with Gasteiger partial charge in [-0.15, -0.1) is 0 Å². The zero-order valence-corrected chi connectivity index (χ0v) is 16.6. The van der Waals surface area contributed by atoms with Gasteiger partial charge in [0, 0.05) is 12.2 Å². The maximum atomic E-state index is 12.3. The van der Waals surface area contributed by atoms with Crippen molar-refractivity contribution in [2.75, 3.05) is 25.6 Å². The van der Waals surface area contributed by atoms with Crippen LogP contribution in [0.2, 0.25) is 0 Å². The van der Waals surface area contributed by atoms with Crippen molar-refractivity contribution in [2.24, 2.45) is 0 Å². The van der Waals surface area contributed by atoms with Crippen molar-refractivity contribution >= 4 is 17.3 Å². The fraction of sp³-hybridized carbons (Fsp3) is 0.217. The van der Waals surface area contributed by atoms with E-state index in [2.05, 4.69) is 15.6 Å². The second-order valence-corrected chi connectivity index (χ2v) is 6.37. The minimum absolute atomic E-state index is 0.194. The Labute approximate surface area is 170 Å². The molecular weight excluding hydrogens is 366 g/mol. The zero-order chi connectivity index (χ0) is 20.5. The Morgan fingerprint density at radius 3 is 2.48 bits per heavy atom. The van der Waals surface area contributed by atoms with Crippen LogP contribution in [-0.2, 0) is 6.42 Å². The van der Waals surface area contributed by atoms with E-state index >= 15 is 0 Å². The normalized spacial score (nSPS) is 10.3. The number of hydrogen-bond acceptors (Lipinski definition) is 5. The van der Waals surface area contributed by atoms with E-state index in [0.717, 1.165) is 34.9 Å². The van der Waals surface area contributed by atoms with Crippen LogP contribution in [0.5, 0.6) is 11.5 Å². The minimum atomic E-state index is -0.194. The number of hydrogen-bond donors (Lipinski definition) is 2. The largest absolute Gasteiger partial charge is 0.497 e. The van der Waals surface area contributed by atoms with Crippen LogP contribution in [0.3, 0.4) is 0 Å². The molecule has 1 aromatic heterocycles. The van der Waals surface area contributed by atoms with Gasteiger partial charge >= 0.3 is 0 Å². The number of methoxy groups -OCH3 is 1. The molecule has 6 heteroatoms. The van der Waals surface area contributed by atoms with E-state index in [9.17, 15) is 4.79 Å². The van der Waals surface area contributed by atoms with E-state index in [4.69, 9.17) is 9.47 Å². The molecule has 1 heterocycles. The molecule has 0 fully saturated rings. The summed E-state index contributed by atoms with van der Waals surface area (Å²) in [5.41, 5.74) is 3.22. The third-order valence-electron chi connectivity index (χ3n) is 4.28. The van der Waals surface area contributed by atoms with Crippen molar-refractivity contribution in [1.29, 1.82) is 0 Å². The van der Waals surface area contributed by atoms with Gasteiger partial charge in [0.25, 0.3) is 5.91 Å². The lowest BCUT2D eigenvalue weighted by Crippen LogP contribution is -2.26. The third kappa shape index (κ3) is 5.97. The fourth-order valence-electron chi connectivity index (χ4n) is 2.81. The highest BCUT2D eigenvalue weighted by molar-refractivity contribution is 5.92. The molecule has 3 aromatic rings. The van der Waals surface area contributed by atoms with Gasteiger partial charge < -0.3 is 20.1 Å². The summed E-state index contributed by atoms with van der Waals surface area (Å²) >= 11 is 0. The minimum Gasteiger partial charge on any atom is -0.497 e. The fourth-order valence-corrected chi connectivity index (χ4v) is 2.81. The monoisotopic (exact) mass is 391 g/mol. The summed E-state index contributed by atoms with van der Waals surface area (Å²) in [7, 11) is 1.64. The smallest absolute Gasteiger partial charge is 0.269 e. The molecule has 2 aromatic carbocycles. The maximum Gasteiger partial charge on any atom is 0.269 e. The van der Waals surface area contributed by atoms with Crippen LogP contribution < -0.4 is 20.1 Å². The summed E-state index contributed by atoms with van der Waals surface area (Å²) in [5, 5.41) is 6.15. The van der Waals surface area contributed by atoms with Crippen molar-refractivity contribution in [1.82, 2.24) is 10.3 Å². The van der Waals surface area contributed by atoms with Crippen molar-refractivity contribution in [3.8, 4) is 11.5 Å². The zero-order valence-electron chi connectivity index (χ0n) is 16.6. The molecule has 0 aliphatic rings. The average Bonchev–Trinajstić information content (AvgIpc) is 2.76. The molecule has 3 rings (SSSR count). The predicted octanol–water partition coefficient (Wildman–Crippen LogP) is 4.21. The maximum absolute atomic E-state index is 12.3. The standard InChI is InChI=1S/C23H25N3O3/c1-3-29-20-10-7-18(8-11-20)26-19-9-12-22(25-16-19)23(27)24-14-13-17-5-4-6-21(15-17)28-2/h4-12,15-16,26H,3,13-14H2,1-2H3,(H,24,27). The first-order valence-corrected chi connectivity index (χ1v) is 9.55. The lowest BCUT2D eigenvalue weighted by Gasteiger charge is -2.09. The molecule has 0 bridgehead atoms. The Morgan fingerprint density at radius 2 is 1.79 bits per heavy atom. The Balaban J connectivity index is 1.50. The van der Waals surface area contributed by atoms with Crippen molar-refractivity contribution < 1.29 is 14.3 Å². The molecular formula is C23H25N3O3. The number of nitrogens with one attached hydrogen (secondary N) is 2. The average molecular weight is 391 g/mol. The lowest BCUT2D eigenvalue weighted by molar-refractivity contribution is 0.0949. The van der Waals surface area contributed by atoms with Gasteiger partial charge in [-0.05, 0) is 67.4 Å². The van der Waals surface area contributed by atoms with Crippen LogP contribution in [0.1, 0.15) is 23.0 Å². The topological polar surface area (TPSA) is 72.5 Å². The van der Waals surface area contributed by atoms with Crippen LogP contribution in [0.4, 0.5) is 11.4 Å². The second-order valence-electron chi connectivity index (χ2n) is 6.37.